The van der Waals surface area contributed by atoms with E-state index in [1.54, 1.807) is 13.0 Å². The third kappa shape index (κ3) is 4.16. The second-order valence-electron chi connectivity index (χ2n) is 7.58. The summed E-state index contributed by atoms with van der Waals surface area (Å²) in [7, 11) is 0. The second-order valence-corrected chi connectivity index (χ2v) is 8.46. The summed E-state index contributed by atoms with van der Waals surface area (Å²) in [5, 5.41) is 16.6. The quantitative estimate of drug-likeness (QED) is 0.391. The molecule has 1 aromatic heterocycles. The Kier molecular flexibility index (Phi) is 6.37. The predicted molar refractivity (Wildman–Crippen MR) is 125 cm³/mol. The van der Waals surface area contributed by atoms with E-state index in [1.807, 2.05) is 53.9 Å². The van der Waals surface area contributed by atoms with E-state index >= 15 is 0 Å². The van der Waals surface area contributed by atoms with Crippen LogP contribution < -0.4 is 5.32 Å². The van der Waals surface area contributed by atoms with Crippen molar-refractivity contribution >= 4 is 45.0 Å². The highest BCUT2D eigenvalue weighted by Crippen LogP contribution is 2.40. The molecule has 1 aliphatic carbocycles. The molecule has 0 saturated carbocycles. The maximum absolute atomic E-state index is 13.0. The molecule has 2 atom stereocenters. The number of ether oxygens (including phenoxy) is 1. The fraction of sp³-hybridized carbons (Fsp3) is 0.240. The molecule has 1 amide bonds. The minimum atomic E-state index is -0.997. The Morgan fingerprint density at radius 1 is 1.03 bits per heavy atom. The van der Waals surface area contributed by atoms with E-state index in [1.165, 1.54) is 11.3 Å². The fourth-order valence-corrected chi connectivity index (χ4v) is 5.05. The number of nitrogens with one attached hydrogen (secondary N) is 1. The van der Waals surface area contributed by atoms with Gasteiger partial charge in [-0.05, 0) is 36.1 Å². The summed E-state index contributed by atoms with van der Waals surface area (Å²) in [5.74, 6) is -3.41. The zero-order valence-electron chi connectivity index (χ0n) is 17.5. The number of thiophene rings is 1. The summed E-state index contributed by atoms with van der Waals surface area (Å²) in [6, 6.07) is 13.7. The molecule has 0 aliphatic heterocycles. The van der Waals surface area contributed by atoms with Crippen LogP contribution in [0, 0.1) is 11.8 Å². The van der Waals surface area contributed by atoms with E-state index in [2.05, 4.69) is 5.32 Å². The average molecular weight is 450 g/mol. The number of carboxylic acids is 1. The number of esters is 1. The van der Waals surface area contributed by atoms with Gasteiger partial charge in [0.2, 0.25) is 5.91 Å². The van der Waals surface area contributed by atoms with Crippen molar-refractivity contribution in [3.05, 3.63) is 65.6 Å². The fourth-order valence-electron chi connectivity index (χ4n) is 4.10. The lowest BCUT2D eigenvalue weighted by Crippen LogP contribution is -2.34. The Hall–Kier alpha value is -3.45. The SMILES string of the molecule is CCOC(=O)c1c(-c2cccc3ccccc23)csc1NC(=O)[C@@H]1CC=CC[C@@H]1C(=O)O. The number of anilines is 1. The highest BCUT2D eigenvalue weighted by atomic mass is 32.1. The largest absolute Gasteiger partial charge is 0.481 e. The van der Waals surface area contributed by atoms with Crippen molar-refractivity contribution in [1.29, 1.82) is 0 Å². The van der Waals surface area contributed by atoms with Crippen LogP contribution in [0.15, 0.2) is 60.0 Å². The van der Waals surface area contributed by atoms with Crippen LogP contribution >= 0.6 is 11.3 Å². The van der Waals surface area contributed by atoms with Gasteiger partial charge in [-0.1, -0.05) is 54.6 Å². The van der Waals surface area contributed by atoms with Crippen LogP contribution in [0.3, 0.4) is 0 Å². The van der Waals surface area contributed by atoms with Gasteiger partial charge in [0.1, 0.15) is 10.6 Å². The van der Waals surface area contributed by atoms with Gasteiger partial charge in [0.05, 0.1) is 18.4 Å². The summed E-state index contributed by atoms with van der Waals surface area (Å²) in [6.45, 7) is 1.93. The van der Waals surface area contributed by atoms with Gasteiger partial charge in [-0.3, -0.25) is 9.59 Å². The molecule has 0 fully saturated rings. The number of carbonyl (C=O) groups excluding carboxylic acids is 2. The normalized spacial score (nSPS) is 17.8. The molecule has 6 nitrogen and oxygen atoms in total. The Balaban J connectivity index is 1.74. The van der Waals surface area contributed by atoms with Crippen molar-refractivity contribution < 1.29 is 24.2 Å². The Morgan fingerprint density at radius 3 is 2.50 bits per heavy atom. The van der Waals surface area contributed by atoms with E-state index in [-0.39, 0.29) is 6.61 Å². The number of benzene rings is 2. The zero-order chi connectivity index (χ0) is 22.7. The van der Waals surface area contributed by atoms with Gasteiger partial charge in [-0.2, -0.15) is 0 Å². The summed E-state index contributed by atoms with van der Waals surface area (Å²) in [5.41, 5.74) is 1.84. The summed E-state index contributed by atoms with van der Waals surface area (Å²) < 4.78 is 5.30. The Morgan fingerprint density at radius 2 is 1.75 bits per heavy atom. The van der Waals surface area contributed by atoms with Gasteiger partial charge < -0.3 is 15.2 Å². The molecular weight excluding hydrogens is 426 g/mol. The molecule has 0 saturated heterocycles. The number of carbonyl (C=O) groups is 3. The monoisotopic (exact) mass is 449 g/mol. The van der Waals surface area contributed by atoms with Crippen LogP contribution in [0.5, 0.6) is 0 Å². The number of allylic oxidation sites excluding steroid dienone is 2. The number of rotatable bonds is 6. The first-order valence-corrected chi connectivity index (χ1v) is 11.3. The number of aliphatic carboxylic acids is 1. The average Bonchev–Trinajstić information content (AvgIpc) is 3.22. The molecule has 0 unspecified atom stereocenters. The Bertz CT molecular complexity index is 1210. The molecule has 164 valence electrons. The topological polar surface area (TPSA) is 92.7 Å². The smallest absolute Gasteiger partial charge is 0.341 e. The highest BCUT2D eigenvalue weighted by molar-refractivity contribution is 7.15. The van der Waals surface area contributed by atoms with Crippen molar-refractivity contribution in [2.75, 3.05) is 11.9 Å². The molecule has 7 heteroatoms. The second kappa shape index (κ2) is 9.36. The van der Waals surface area contributed by atoms with E-state index in [4.69, 9.17) is 4.74 Å². The van der Waals surface area contributed by atoms with Crippen LogP contribution in [0.4, 0.5) is 5.00 Å². The van der Waals surface area contributed by atoms with Crippen molar-refractivity contribution in [3.8, 4) is 11.1 Å². The summed E-state index contributed by atoms with van der Waals surface area (Å²) in [4.78, 5) is 37.5. The van der Waals surface area contributed by atoms with Gasteiger partial charge in [0, 0.05) is 10.9 Å². The number of hydrogen-bond acceptors (Lipinski definition) is 5. The first-order chi connectivity index (χ1) is 15.5. The van der Waals surface area contributed by atoms with E-state index in [0.29, 0.717) is 29.0 Å². The van der Waals surface area contributed by atoms with Crippen molar-refractivity contribution in [2.45, 2.75) is 19.8 Å². The third-order valence-corrected chi connectivity index (χ3v) is 6.57. The van der Waals surface area contributed by atoms with E-state index < -0.39 is 29.7 Å². The summed E-state index contributed by atoms with van der Waals surface area (Å²) in [6.07, 6.45) is 4.27. The molecular formula is C25H23NO5S. The molecule has 0 spiro atoms. The van der Waals surface area contributed by atoms with Gasteiger partial charge in [0.25, 0.3) is 0 Å². The van der Waals surface area contributed by atoms with Gasteiger partial charge in [0.15, 0.2) is 0 Å². The molecule has 32 heavy (non-hydrogen) atoms. The van der Waals surface area contributed by atoms with E-state index in [9.17, 15) is 19.5 Å². The van der Waals surface area contributed by atoms with Crippen LogP contribution in [0.1, 0.15) is 30.1 Å². The lowest BCUT2D eigenvalue weighted by atomic mass is 9.82. The first kappa shape index (κ1) is 21.8. The predicted octanol–water partition coefficient (Wildman–Crippen LogP) is 5.35. The third-order valence-electron chi connectivity index (χ3n) is 5.67. The molecule has 1 heterocycles. The first-order valence-electron chi connectivity index (χ1n) is 10.5. The van der Waals surface area contributed by atoms with Crippen LogP contribution in [0.2, 0.25) is 0 Å². The maximum atomic E-state index is 13.0. The molecule has 3 aromatic rings. The van der Waals surface area contributed by atoms with Crippen molar-refractivity contribution in [3.63, 3.8) is 0 Å². The minimum Gasteiger partial charge on any atom is -0.481 e. The number of amides is 1. The lowest BCUT2D eigenvalue weighted by molar-refractivity contribution is -0.146. The zero-order valence-corrected chi connectivity index (χ0v) is 18.4. The van der Waals surface area contributed by atoms with Crippen LogP contribution in [-0.2, 0) is 14.3 Å². The molecule has 0 bridgehead atoms. The number of fused-ring (bicyclic) bond motifs is 1. The van der Waals surface area contributed by atoms with Gasteiger partial charge >= 0.3 is 11.9 Å². The maximum Gasteiger partial charge on any atom is 0.341 e. The van der Waals surface area contributed by atoms with Gasteiger partial charge in [-0.25, -0.2) is 4.79 Å². The molecule has 4 rings (SSSR count). The lowest BCUT2D eigenvalue weighted by Gasteiger charge is -2.24. The Labute approximate surface area is 189 Å². The van der Waals surface area contributed by atoms with E-state index in [0.717, 1.165) is 16.3 Å². The molecule has 1 aliphatic rings. The van der Waals surface area contributed by atoms with Crippen LogP contribution in [0.25, 0.3) is 21.9 Å². The van der Waals surface area contributed by atoms with Crippen LogP contribution in [-0.4, -0.2) is 29.6 Å². The summed E-state index contributed by atoms with van der Waals surface area (Å²) >= 11 is 1.24. The number of hydrogen-bond donors (Lipinski definition) is 2. The molecule has 0 radical (unpaired) electrons. The van der Waals surface area contributed by atoms with Gasteiger partial charge in [-0.15, -0.1) is 11.3 Å². The minimum absolute atomic E-state index is 0.200. The molecule has 2 N–H and O–H groups in total. The van der Waals surface area contributed by atoms with Crippen molar-refractivity contribution in [1.82, 2.24) is 0 Å². The van der Waals surface area contributed by atoms with Crippen molar-refractivity contribution in [2.24, 2.45) is 11.8 Å². The molecule has 2 aromatic carbocycles. The standard InChI is InChI=1S/C25H23NO5S/c1-2-31-25(30)21-20(17-13-7-9-15-8-3-4-10-16(15)17)14-32-23(21)26-22(27)18-11-5-6-12-19(18)24(28)29/h3-10,13-14,18-19H,2,11-12H2,1H3,(H,26,27)(H,28,29)/t18-,19+/m1/s1. The number of carboxylic acid groups (broad SMARTS) is 1. The highest BCUT2D eigenvalue weighted by Gasteiger charge is 2.35.